The Balaban J connectivity index is 0.000000344. The molecule has 0 unspecified atom stereocenters. The number of benzene rings is 8. The summed E-state index contributed by atoms with van der Waals surface area (Å²) >= 11 is 3.64. The minimum Gasteiger partial charge on any atom is -0.457 e. The molecular formula is C62H60N2O4S4. The molecule has 72 heavy (non-hydrogen) atoms. The normalized spacial score (nSPS) is 12.6. The second-order valence-corrected chi connectivity index (χ2v) is 22.7. The summed E-state index contributed by atoms with van der Waals surface area (Å²) in [5.74, 6) is 2.33. The quantitative estimate of drug-likeness (QED) is 0.0472. The molecule has 0 aliphatic carbocycles. The van der Waals surface area contributed by atoms with E-state index in [9.17, 15) is 9.59 Å². The summed E-state index contributed by atoms with van der Waals surface area (Å²) in [5, 5.41) is 0. The predicted octanol–water partition coefficient (Wildman–Crippen LogP) is 14.4. The van der Waals surface area contributed by atoms with Crippen molar-refractivity contribution in [2.75, 3.05) is 61.0 Å². The lowest BCUT2D eigenvalue weighted by Gasteiger charge is -2.38. The van der Waals surface area contributed by atoms with Crippen LogP contribution in [0.5, 0.6) is 0 Å². The van der Waals surface area contributed by atoms with E-state index in [1.54, 1.807) is 21.6 Å². The molecule has 1 aliphatic heterocycles. The third-order valence-electron chi connectivity index (χ3n) is 12.4. The second kappa shape index (κ2) is 25.4. The molecule has 0 radical (unpaired) electrons. The molecule has 8 aromatic carbocycles. The standard InChI is InChI=1S/C50H45NO2S2.C12H15NO2S2/c1-51(2)46-35-33-39(34-36-46)48(52)53-47(37-54-49(40-21-9-3-10-22-40,41-23-11-4-12-24-41)42-25-13-5-14-26-42)38-55-50(43-27-15-6-16-28-43,44-29-17-7-18-30-44)45-31-19-8-20-32-45;1-13(2)10-5-3-9(4-6-10)12(14)15-11-7-16-17-8-11/h3-36,47H,37-38H2,1-2H3;3-6,11H,7-8H2,1-2H3. The topological polar surface area (TPSA) is 59.1 Å². The minimum atomic E-state index is -0.568. The summed E-state index contributed by atoms with van der Waals surface area (Å²) in [6.45, 7) is 0. The molecule has 0 atom stereocenters. The van der Waals surface area contributed by atoms with Gasteiger partial charge in [-0.3, -0.25) is 0 Å². The van der Waals surface area contributed by atoms with Gasteiger partial charge in [0, 0.05) is 62.6 Å². The van der Waals surface area contributed by atoms with E-state index in [4.69, 9.17) is 9.47 Å². The Labute approximate surface area is 442 Å². The number of thioether (sulfide) groups is 2. The Kier molecular flexibility index (Phi) is 18.3. The molecule has 1 saturated heterocycles. The Morgan fingerprint density at radius 2 is 0.722 bits per heavy atom. The van der Waals surface area contributed by atoms with Gasteiger partial charge < -0.3 is 19.3 Å². The van der Waals surface area contributed by atoms with Crippen molar-refractivity contribution >= 4 is 68.4 Å². The molecule has 6 nitrogen and oxygen atoms in total. The molecular weight excluding hydrogens is 965 g/mol. The molecule has 366 valence electrons. The molecule has 0 N–H and O–H groups in total. The van der Waals surface area contributed by atoms with E-state index >= 15 is 0 Å². The number of carbonyl (C=O) groups excluding carboxylic acids is 2. The van der Waals surface area contributed by atoms with E-state index in [2.05, 4.69) is 182 Å². The Morgan fingerprint density at radius 1 is 0.444 bits per heavy atom. The van der Waals surface area contributed by atoms with Gasteiger partial charge in [-0.1, -0.05) is 204 Å². The number of hydrogen-bond acceptors (Lipinski definition) is 10. The van der Waals surface area contributed by atoms with E-state index in [1.165, 1.54) is 33.4 Å². The fourth-order valence-electron chi connectivity index (χ4n) is 8.68. The maximum Gasteiger partial charge on any atom is 0.338 e. The summed E-state index contributed by atoms with van der Waals surface area (Å²) in [6, 6.07) is 79.3. The van der Waals surface area contributed by atoms with E-state index in [-0.39, 0.29) is 18.0 Å². The van der Waals surface area contributed by atoms with Crippen LogP contribution in [0.4, 0.5) is 11.4 Å². The van der Waals surface area contributed by atoms with Crippen LogP contribution < -0.4 is 9.80 Å². The molecule has 10 heteroatoms. The van der Waals surface area contributed by atoms with Gasteiger partial charge in [-0.2, -0.15) is 0 Å². The highest BCUT2D eigenvalue weighted by Gasteiger charge is 2.41. The number of rotatable bonds is 18. The molecule has 0 aromatic heterocycles. The largest absolute Gasteiger partial charge is 0.457 e. The van der Waals surface area contributed by atoms with Crippen molar-refractivity contribution in [3.05, 3.63) is 275 Å². The number of anilines is 2. The van der Waals surface area contributed by atoms with Crippen molar-refractivity contribution in [1.82, 2.24) is 0 Å². The van der Waals surface area contributed by atoms with Crippen LogP contribution in [0, 0.1) is 0 Å². The van der Waals surface area contributed by atoms with Crippen molar-refractivity contribution < 1.29 is 19.1 Å². The molecule has 0 saturated carbocycles. The van der Waals surface area contributed by atoms with Crippen LogP contribution in [0.2, 0.25) is 0 Å². The number of hydrogen-bond donors (Lipinski definition) is 0. The first-order valence-electron chi connectivity index (χ1n) is 24.0. The van der Waals surface area contributed by atoms with Crippen LogP contribution in [0.15, 0.2) is 231 Å². The third kappa shape index (κ3) is 12.6. The van der Waals surface area contributed by atoms with Gasteiger partial charge in [0.05, 0.1) is 20.6 Å². The lowest BCUT2D eigenvalue weighted by atomic mass is 9.84. The summed E-state index contributed by atoms with van der Waals surface area (Å²) in [5.41, 5.74) is 10.3. The first-order valence-corrected chi connectivity index (χ1v) is 28.5. The molecule has 0 bridgehead atoms. The van der Waals surface area contributed by atoms with Crippen LogP contribution in [0.3, 0.4) is 0 Å². The SMILES string of the molecule is CN(C)c1ccc(C(=O)OC(CSC(c2ccccc2)(c2ccccc2)c2ccccc2)CSC(c2ccccc2)(c2ccccc2)c2ccccc2)cc1.CN(C)c1ccc(C(=O)OC2CSSC2)cc1. The highest BCUT2D eigenvalue weighted by atomic mass is 33.1. The number of ether oxygens (including phenoxy) is 2. The highest BCUT2D eigenvalue weighted by Crippen LogP contribution is 2.51. The molecule has 8 aromatic rings. The Bertz CT molecular complexity index is 2570. The zero-order chi connectivity index (χ0) is 50.2. The van der Waals surface area contributed by atoms with Crippen LogP contribution in [0.1, 0.15) is 54.1 Å². The van der Waals surface area contributed by atoms with Gasteiger partial charge in [-0.25, -0.2) is 9.59 Å². The van der Waals surface area contributed by atoms with Gasteiger partial charge >= 0.3 is 11.9 Å². The van der Waals surface area contributed by atoms with Crippen molar-refractivity contribution in [3.63, 3.8) is 0 Å². The zero-order valence-electron chi connectivity index (χ0n) is 41.1. The molecule has 1 aliphatic rings. The van der Waals surface area contributed by atoms with Crippen molar-refractivity contribution in [2.45, 2.75) is 21.7 Å². The first-order chi connectivity index (χ1) is 35.2. The fourth-order valence-corrected chi connectivity index (χ4v) is 14.4. The minimum absolute atomic E-state index is 0.0611. The van der Waals surface area contributed by atoms with Crippen LogP contribution in [-0.4, -0.2) is 75.3 Å². The molecule has 9 rings (SSSR count). The Hall–Kier alpha value is -6.30. The lowest BCUT2D eigenvalue weighted by Crippen LogP contribution is -2.33. The predicted molar refractivity (Wildman–Crippen MR) is 308 cm³/mol. The van der Waals surface area contributed by atoms with Crippen LogP contribution in [-0.2, 0) is 19.0 Å². The number of carbonyl (C=O) groups is 2. The van der Waals surface area contributed by atoms with Gasteiger partial charge in [0.15, 0.2) is 0 Å². The average molecular weight is 1030 g/mol. The maximum atomic E-state index is 14.2. The van der Waals surface area contributed by atoms with Gasteiger partial charge in [0.1, 0.15) is 12.2 Å². The van der Waals surface area contributed by atoms with Crippen molar-refractivity contribution in [2.24, 2.45) is 0 Å². The van der Waals surface area contributed by atoms with E-state index in [0.29, 0.717) is 22.6 Å². The second-order valence-electron chi connectivity index (χ2n) is 17.7. The summed E-state index contributed by atoms with van der Waals surface area (Å²) < 4.78 is 10.9. The maximum absolute atomic E-state index is 14.2. The smallest absolute Gasteiger partial charge is 0.338 e. The first kappa shape index (κ1) is 52.0. The van der Waals surface area contributed by atoms with E-state index < -0.39 is 15.6 Å². The lowest BCUT2D eigenvalue weighted by molar-refractivity contribution is 0.0385. The number of esters is 2. The van der Waals surface area contributed by atoms with Gasteiger partial charge in [-0.05, 0) is 81.9 Å². The highest BCUT2D eigenvalue weighted by molar-refractivity contribution is 8.77. The van der Waals surface area contributed by atoms with E-state index in [1.807, 2.05) is 110 Å². The fraction of sp³-hybridized carbons (Fsp3) is 0.194. The third-order valence-corrected chi connectivity index (χ3v) is 18.3. The molecule has 0 amide bonds. The molecule has 1 fully saturated rings. The van der Waals surface area contributed by atoms with Crippen LogP contribution in [0.25, 0.3) is 0 Å². The number of nitrogens with zero attached hydrogens (tertiary/aromatic N) is 2. The monoisotopic (exact) mass is 1020 g/mol. The van der Waals surface area contributed by atoms with Gasteiger partial charge in [0.25, 0.3) is 0 Å². The van der Waals surface area contributed by atoms with E-state index in [0.717, 1.165) is 22.9 Å². The average Bonchev–Trinajstić information content (AvgIpc) is 3.96. The Morgan fingerprint density at radius 3 is 1.00 bits per heavy atom. The van der Waals surface area contributed by atoms with Crippen molar-refractivity contribution in [1.29, 1.82) is 0 Å². The summed E-state index contributed by atoms with van der Waals surface area (Å²) in [6.07, 6.45) is -0.395. The van der Waals surface area contributed by atoms with Crippen LogP contribution >= 0.6 is 45.1 Å². The summed E-state index contributed by atoms with van der Waals surface area (Å²) in [4.78, 5) is 30.0. The van der Waals surface area contributed by atoms with Crippen molar-refractivity contribution in [3.8, 4) is 0 Å². The summed E-state index contributed by atoms with van der Waals surface area (Å²) in [7, 11) is 11.5. The molecule has 0 spiro atoms. The molecule has 1 heterocycles. The van der Waals surface area contributed by atoms with Gasteiger partial charge in [-0.15, -0.1) is 23.5 Å². The zero-order valence-corrected chi connectivity index (χ0v) is 44.3. The van der Waals surface area contributed by atoms with Gasteiger partial charge in [0.2, 0.25) is 0 Å².